The average Bonchev–Trinajstić information content (AvgIpc) is 2.78. The summed E-state index contributed by atoms with van der Waals surface area (Å²) in [5.41, 5.74) is 1.82. The normalized spacial score (nSPS) is 12.7. The molecule has 0 radical (unpaired) electrons. The molecule has 0 saturated heterocycles. The molecule has 0 aliphatic heterocycles. The van der Waals surface area contributed by atoms with Crippen molar-refractivity contribution in [2.24, 2.45) is 0 Å². The molecule has 3 aromatic rings. The molecule has 1 N–H and O–H groups in total. The molecule has 0 spiro atoms. The Balaban J connectivity index is 1.82. The van der Waals surface area contributed by atoms with Crippen LogP contribution in [0.25, 0.3) is 23.1 Å². The third-order valence-corrected chi connectivity index (χ3v) is 7.64. The van der Waals surface area contributed by atoms with Gasteiger partial charge in [0, 0.05) is 20.4 Å². The zero-order chi connectivity index (χ0) is 23.1. The molecule has 0 fully saturated rings. The van der Waals surface area contributed by atoms with Crippen LogP contribution < -0.4 is 5.32 Å². The van der Waals surface area contributed by atoms with Crippen molar-refractivity contribution in [3.8, 4) is 0 Å². The fourth-order valence-electron chi connectivity index (χ4n) is 3.57. The molecule has 32 heavy (non-hydrogen) atoms. The molecule has 1 heterocycles. The Morgan fingerprint density at radius 3 is 2.56 bits per heavy atom. The molecule has 1 atom stereocenters. The highest BCUT2D eigenvalue weighted by molar-refractivity contribution is 9.13. The SMILES string of the molecule is CCN(CC)CCCC(C)Nc1nc(C=Cc2ccc(Br)c(Br)c2)nc2c(Cl)cccc12. The van der Waals surface area contributed by atoms with Crippen molar-refractivity contribution >= 4 is 72.3 Å². The summed E-state index contributed by atoms with van der Waals surface area (Å²) in [5.74, 6) is 1.45. The number of fused-ring (bicyclic) bond motifs is 1. The Kier molecular flexibility index (Phi) is 9.53. The van der Waals surface area contributed by atoms with Crippen LogP contribution in [0.3, 0.4) is 0 Å². The topological polar surface area (TPSA) is 41.0 Å². The number of hydrogen-bond donors (Lipinski definition) is 1. The Bertz CT molecular complexity index is 1080. The summed E-state index contributed by atoms with van der Waals surface area (Å²) in [6, 6.07) is 12.2. The first-order valence-corrected chi connectivity index (χ1v) is 13.0. The summed E-state index contributed by atoms with van der Waals surface area (Å²) in [6.45, 7) is 9.94. The van der Waals surface area contributed by atoms with Gasteiger partial charge in [0.1, 0.15) is 5.82 Å². The van der Waals surface area contributed by atoms with Gasteiger partial charge in [0.2, 0.25) is 0 Å². The lowest BCUT2D eigenvalue weighted by Crippen LogP contribution is -2.25. The maximum absolute atomic E-state index is 6.48. The van der Waals surface area contributed by atoms with Crippen molar-refractivity contribution in [3.05, 3.63) is 61.8 Å². The van der Waals surface area contributed by atoms with E-state index in [0.29, 0.717) is 16.9 Å². The van der Waals surface area contributed by atoms with Crippen molar-refractivity contribution in [1.29, 1.82) is 0 Å². The van der Waals surface area contributed by atoms with Crippen molar-refractivity contribution in [1.82, 2.24) is 14.9 Å². The smallest absolute Gasteiger partial charge is 0.155 e. The third kappa shape index (κ3) is 6.77. The number of aromatic nitrogens is 2. The molecule has 170 valence electrons. The van der Waals surface area contributed by atoms with E-state index >= 15 is 0 Å². The first-order valence-electron chi connectivity index (χ1n) is 11.0. The van der Waals surface area contributed by atoms with E-state index in [1.54, 1.807) is 0 Å². The zero-order valence-electron chi connectivity index (χ0n) is 18.7. The maximum atomic E-state index is 6.48. The van der Waals surface area contributed by atoms with E-state index in [1.165, 1.54) is 0 Å². The molecule has 0 aliphatic rings. The molecule has 3 rings (SSSR count). The van der Waals surface area contributed by atoms with E-state index < -0.39 is 0 Å². The van der Waals surface area contributed by atoms with Gasteiger partial charge in [-0.2, -0.15) is 0 Å². The van der Waals surface area contributed by atoms with E-state index in [2.05, 4.69) is 62.8 Å². The minimum atomic E-state index is 0.293. The van der Waals surface area contributed by atoms with Crippen molar-refractivity contribution < 1.29 is 0 Å². The molecule has 0 saturated carbocycles. The lowest BCUT2D eigenvalue weighted by molar-refractivity contribution is 0.295. The average molecular weight is 581 g/mol. The van der Waals surface area contributed by atoms with E-state index in [-0.39, 0.29) is 0 Å². The second-order valence-corrected chi connectivity index (χ2v) is 9.90. The molecular formula is C25H29Br2ClN4. The second kappa shape index (κ2) is 12.1. The van der Waals surface area contributed by atoms with Crippen molar-refractivity contribution in [3.63, 3.8) is 0 Å². The van der Waals surface area contributed by atoms with Gasteiger partial charge in [-0.15, -0.1) is 0 Å². The quantitative estimate of drug-likeness (QED) is 0.265. The molecular weight excluding hydrogens is 552 g/mol. The molecule has 2 aromatic carbocycles. The molecule has 0 bridgehead atoms. The molecule has 0 aliphatic carbocycles. The van der Waals surface area contributed by atoms with Crippen LogP contribution in [0.4, 0.5) is 5.82 Å². The van der Waals surface area contributed by atoms with Gasteiger partial charge in [0.25, 0.3) is 0 Å². The van der Waals surface area contributed by atoms with Gasteiger partial charge < -0.3 is 10.2 Å². The fourth-order valence-corrected chi connectivity index (χ4v) is 4.43. The van der Waals surface area contributed by atoms with Crippen LogP contribution in [0.5, 0.6) is 0 Å². The lowest BCUT2D eigenvalue weighted by atomic mass is 10.1. The summed E-state index contributed by atoms with van der Waals surface area (Å²) >= 11 is 13.5. The summed E-state index contributed by atoms with van der Waals surface area (Å²) in [4.78, 5) is 12.0. The summed E-state index contributed by atoms with van der Waals surface area (Å²) in [6.07, 6.45) is 6.15. The summed E-state index contributed by atoms with van der Waals surface area (Å²) < 4.78 is 2.02. The monoisotopic (exact) mass is 578 g/mol. The number of benzene rings is 2. The lowest BCUT2D eigenvalue weighted by Gasteiger charge is -2.20. The van der Waals surface area contributed by atoms with E-state index in [1.807, 2.05) is 48.6 Å². The van der Waals surface area contributed by atoms with Crippen molar-refractivity contribution in [2.75, 3.05) is 25.0 Å². The Morgan fingerprint density at radius 2 is 1.84 bits per heavy atom. The highest BCUT2D eigenvalue weighted by Gasteiger charge is 2.12. The van der Waals surface area contributed by atoms with Gasteiger partial charge in [0.15, 0.2) is 5.82 Å². The van der Waals surface area contributed by atoms with Gasteiger partial charge in [-0.25, -0.2) is 9.97 Å². The zero-order valence-corrected chi connectivity index (χ0v) is 22.6. The molecule has 0 amide bonds. The molecule has 1 unspecified atom stereocenters. The minimum Gasteiger partial charge on any atom is -0.367 e. The Morgan fingerprint density at radius 1 is 1.06 bits per heavy atom. The predicted molar refractivity (Wildman–Crippen MR) is 145 cm³/mol. The first kappa shape index (κ1) is 25.2. The maximum Gasteiger partial charge on any atom is 0.155 e. The Labute approximate surface area is 212 Å². The molecule has 4 nitrogen and oxygen atoms in total. The van der Waals surface area contributed by atoms with Gasteiger partial charge in [0.05, 0.1) is 10.5 Å². The first-order chi connectivity index (χ1) is 15.4. The number of anilines is 1. The molecule has 7 heteroatoms. The molecule has 1 aromatic heterocycles. The van der Waals surface area contributed by atoms with Crippen LogP contribution in [0, 0.1) is 0 Å². The van der Waals surface area contributed by atoms with E-state index in [9.17, 15) is 0 Å². The van der Waals surface area contributed by atoms with Gasteiger partial charge in [-0.3, -0.25) is 0 Å². The van der Waals surface area contributed by atoms with E-state index in [4.69, 9.17) is 21.6 Å². The number of nitrogens with one attached hydrogen (secondary N) is 1. The minimum absolute atomic E-state index is 0.293. The van der Waals surface area contributed by atoms with Crippen LogP contribution >= 0.6 is 43.5 Å². The largest absolute Gasteiger partial charge is 0.367 e. The predicted octanol–water partition coefficient (Wildman–Crippen LogP) is 7.90. The van der Waals surface area contributed by atoms with Crippen LogP contribution in [-0.4, -0.2) is 40.5 Å². The van der Waals surface area contributed by atoms with Gasteiger partial charge in [-0.1, -0.05) is 43.7 Å². The van der Waals surface area contributed by atoms with E-state index in [0.717, 1.165) is 63.7 Å². The van der Waals surface area contributed by atoms with Crippen LogP contribution in [0.15, 0.2) is 45.3 Å². The highest BCUT2D eigenvalue weighted by Crippen LogP contribution is 2.28. The third-order valence-electron chi connectivity index (χ3n) is 5.45. The summed E-state index contributed by atoms with van der Waals surface area (Å²) in [5, 5.41) is 5.17. The fraction of sp³-hybridized carbons (Fsp3) is 0.360. The number of halogens is 3. The number of hydrogen-bond acceptors (Lipinski definition) is 4. The van der Waals surface area contributed by atoms with Gasteiger partial charge in [-0.05, 0) is 107 Å². The number of rotatable bonds is 10. The standard InChI is InChI=1S/C25H29Br2ClN4/c1-4-32(5-2)15-7-8-17(3)29-25-19-9-6-10-22(28)24(19)30-23(31-25)14-12-18-11-13-20(26)21(27)16-18/h6,9-14,16-17H,4-5,7-8,15H2,1-3H3,(H,29,30,31). The second-order valence-electron chi connectivity index (χ2n) is 7.79. The van der Waals surface area contributed by atoms with Gasteiger partial charge >= 0.3 is 0 Å². The number of nitrogens with zero attached hydrogens (tertiary/aromatic N) is 3. The Hall–Kier alpha value is -1.47. The highest BCUT2D eigenvalue weighted by atomic mass is 79.9. The van der Waals surface area contributed by atoms with Crippen molar-refractivity contribution in [2.45, 2.75) is 39.7 Å². The van der Waals surface area contributed by atoms with Crippen LogP contribution in [-0.2, 0) is 0 Å². The number of para-hydroxylation sites is 1. The summed E-state index contributed by atoms with van der Waals surface area (Å²) in [7, 11) is 0. The van der Waals surface area contributed by atoms with Crippen LogP contribution in [0.1, 0.15) is 45.0 Å². The van der Waals surface area contributed by atoms with Crippen LogP contribution in [0.2, 0.25) is 5.02 Å².